The van der Waals surface area contributed by atoms with Crippen LogP contribution in [-0.2, 0) is 4.74 Å². The lowest BCUT2D eigenvalue weighted by Gasteiger charge is -2.25. The van der Waals surface area contributed by atoms with E-state index in [4.69, 9.17) is 4.74 Å². The van der Waals surface area contributed by atoms with E-state index in [1.54, 1.807) is 42.2 Å². The van der Waals surface area contributed by atoms with Gasteiger partial charge < -0.3 is 25.2 Å². The van der Waals surface area contributed by atoms with Crippen molar-refractivity contribution in [2.75, 3.05) is 48.3 Å². The molecular weight excluding hydrogens is 420 g/mol. The van der Waals surface area contributed by atoms with Gasteiger partial charge in [0.2, 0.25) is 0 Å². The van der Waals surface area contributed by atoms with Gasteiger partial charge in [0.05, 0.1) is 17.7 Å². The molecule has 1 fully saturated rings. The van der Waals surface area contributed by atoms with Crippen LogP contribution in [-0.4, -0.2) is 55.6 Å². The van der Waals surface area contributed by atoms with Crippen molar-refractivity contribution in [3.05, 3.63) is 53.6 Å². The molecule has 0 saturated carbocycles. The van der Waals surface area contributed by atoms with Crippen molar-refractivity contribution >= 4 is 35.0 Å². The van der Waals surface area contributed by atoms with Gasteiger partial charge in [0.25, 0.3) is 5.91 Å². The molecule has 33 heavy (non-hydrogen) atoms. The standard InChI is InChI=1S/C25H32N4O4/c1-4-28(5-2)23(30)21-17-20(13-14-22(21)29-15-7-8-16-29)27-25(32)26-19-11-9-18(10-12-19)24(31)33-6-3/h9-14,17H,4-8,15-16H2,1-3H3,(H2,26,27,32). The van der Waals surface area contributed by atoms with E-state index in [1.807, 2.05) is 26.0 Å². The largest absolute Gasteiger partial charge is 0.462 e. The highest BCUT2D eigenvalue weighted by Crippen LogP contribution is 2.29. The monoisotopic (exact) mass is 452 g/mol. The van der Waals surface area contributed by atoms with E-state index in [-0.39, 0.29) is 5.91 Å². The summed E-state index contributed by atoms with van der Waals surface area (Å²) < 4.78 is 4.96. The summed E-state index contributed by atoms with van der Waals surface area (Å²) in [6, 6.07) is 11.5. The Kier molecular flexibility index (Phi) is 8.29. The molecule has 1 saturated heterocycles. The zero-order chi connectivity index (χ0) is 23.8. The van der Waals surface area contributed by atoms with E-state index in [9.17, 15) is 14.4 Å². The van der Waals surface area contributed by atoms with Crippen molar-refractivity contribution in [1.82, 2.24) is 4.90 Å². The molecule has 8 nitrogen and oxygen atoms in total. The third-order valence-corrected chi connectivity index (χ3v) is 5.64. The van der Waals surface area contributed by atoms with E-state index in [0.717, 1.165) is 31.6 Å². The molecule has 2 N–H and O–H groups in total. The first-order chi connectivity index (χ1) is 16.0. The molecule has 1 aliphatic rings. The van der Waals surface area contributed by atoms with E-state index < -0.39 is 12.0 Å². The predicted molar refractivity (Wildman–Crippen MR) is 130 cm³/mol. The number of nitrogens with one attached hydrogen (secondary N) is 2. The van der Waals surface area contributed by atoms with Gasteiger partial charge in [-0.1, -0.05) is 0 Å². The number of ether oxygens (including phenoxy) is 1. The fraction of sp³-hybridized carbons (Fsp3) is 0.400. The molecule has 0 bridgehead atoms. The van der Waals surface area contributed by atoms with Crippen LogP contribution in [0.3, 0.4) is 0 Å². The fourth-order valence-electron chi connectivity index (χ4n) is 3.90. The summed E-state index contributed by atoms with van der Waals surface area (Å²) >= 11 is 0. The van der Waals surface area contributed by atoms with Crippen LogP contribution in [0.4, 0.5) is 21.9 Å². The molecule has 0 aromatic heterocycles. The molecule has 1 aliphatic heterocycles. The van der Waals surface area contributed by atoms with Crippen molar-refractivity contribution in [2.24, 2.45) is 0 Å². The van der Waals surface area contributed by atoms with Crippen molar-refractivity contribution in [3.8, 4) is 0 Å². The molecule has 0 aliphatic carbocycles. The second-order valence-corrected chi connectivity index (χ2v) is 7.78. The Bertz CT molecular complexity index is 980. The number of nitrogens with zero attached hydrogens (tertiary/aromatic N) is 2. The number of carbonyl (C=O) groups is 3. The molecule has 1 heterocycles. The van der Waals surface area contributed by atoms with E-state index in [1.165, 1.54) is 0 Å². The zero-order valence-corrected chi connectivity index (χ0v) is 19.5. The van der Waals surface area contributed by atoms with Crippen molar-refractivity contribution in [2.45, 2.75) is 33.6 Å². The number of esters is 1. The lowest BCUT2D eigenvalue weighted by atomic mass is 10.1. The summed E-state index contributed by atoms with van der Waals surface area (Å²) in [7, 11) is 0. The maximum Gasteiger partial charge on any atom is 0.338 e. The lowest BCUT2D eigenvalue weighted by molar-refractivity contribution is 0.0526. The van der Waals surface area contributed by atoms with Gasteiger partial charge >= 0.3 is 12.0 Å². The molecule has 0 atom stereocenters. The summed E-state index contributed by atoms with van der Waals surface area (Å²) in [6.45, 7) is 9.05. The maximum atomic E-state index is 13.2. The SMILES string of the molecule is CCOC(=O)c1ccc(NC(=O)Nc2ccc(N3CCCC3)c(C(=O)N(CC)CC)c2)cc1. The third-order valence-electron chi connectivity index (χ3n) is 5.64. The van der Waals surface area contributed by atoms with Crippen LogP contribution in [0.25, 0.3) is 0 Å². The Labute approximate surface area is 194 Å². The molecule has 0 unspecified atom stereocenters. The number of hydrogen-bond donors (Lipinski definition) is 2. The number of hydrogen-bond acceptors (Lipinski definition) is 5. The highest BCUT2D eigenvalue weighted by molar-refractivity contribution is 6.04. The topological polar surface area (TPSA) is 91.0 Å². The summed E-state index contributed by atoms with van der Waals surface area (Å²) in [5.74, 6) is -0.447. The average Bonchev–Trinajstić information content (AvgIpc) is 3.35. The molecule has 3 rings (SSSR count). The van der Waals surface area contributed by atoms with Gasteiger partial charge in [-0.3, -0.25) is 4.79 Å². The van der Waals surface area contributed by atoms with Gasteiger partial charge in [-0.15, -0.1) is 0 Å². The van der Waals surface area contributed by atoms with Crippen molar-refractivity contribution < 1.29 is 19.1 Å². The highest BCUT2D eigenvalue weighted by Gasteiger charge is 2.23. The number of rotatable bonds is 8. The van der Waals surface area contributed by atoms with Gasteiger partial charge in [-0.2, -0.15) is 0 Å². The molecule has 3 amide bonds. The smallest absolute Gasteiger partial charge is 0.338 e. The molecule has 176 valence electrons. The lowest BCUT2D eigenvalue weighted by Crippen LogP contribution is -2.32. The molecule has 2 aromatic carbocycles. The predicted octanol–water partition coefficient (Wildman–Crippen LogP) is 4.59. The van der Waals surface area contributed by atoms with Crippen LogP contribution < -0.4 is 15.5 Å². The molecule has 0 spiro atoms. The van der Waals surface area contributed by atoms with E-state index in [0.29, 0.717) is 42.2 Å². The van der Waals surface area contributed by atoms with Gasteiger partial charge in [0.15, 0.2) is 0 Å². The third kappa shape index (κ3) is 6.03. The second-order valence-electron chi connectivity index (χ2n) is 7.78. The summed E-state index contributed by atoms with van der Waals surface area (Å²) in [5.41, 5.74) is 2.99. The second kappa shape index (κ2) is 11.4. The summed E-state index contributed by atoms with van der Waals surface area (Å²) in [6.07, 6.45) is 2.21. The normalized spacial score (nSPS) is 12.9. The first kappa shape index (κ1) is 24.1. The minimum absolute atomic E-state index is 0.0412. The first-order valence-electron chi connectivity index (χ1n) is 11.5. The van der Waals surface area contributed by atoms with Crippen LogP contribution in [0.1, 0.15) is 54.3 Å². The van der Waals surface area contributed by atoms with Crippen molar-refractivity contribution in [1.29, 1.82) is 0 Å². The number of anilines is 3. The van der Waals surface area contributed by atoms with E-state index >= 15 is 0 Å². The highest BCUT2D eigenvalue weighted by atomic mass is 16.5. The average molecular weight is 453 g/mol. The van der Waals surface area contributed by atoms with Crippen molar-refractivity contribution in [3.63, 3.8) is 0 Å². The Hall–Kier alpha value is -3.55. The van der Waals surface area contributed by atoms with Crippen LogP contribution in [0, 0.1) is 0 Å². The summed E-state index contributed by atoms with van der Waals surface area (Å²) in [4.78, 5) is 41.5. The first-order valence-corrected chi connectivity index (χ1v) is 11.5. The van der Waals surface area contributed by atoms with Crippen LogP contribution in [0.2, 0.25) is 0 Å². The van der Waals surface area contributed by atoms with E-state index in [2.05, 4.69) is 15.5 Å². The maximum absolute atomic E-state index is 13.2. The van der Waals surface area contributed by atoms with Crippen LogP contribution in [0.15, 0.2) is 42.5 Å². The molecule has 0 radical (unpaired) electrons. The number of carbonyl (C=O) groups excluding carboxylic acids is 3. The van der Waals surface area contributed by atoms with Gasteiger partial charge in [-0.05, 0) is 76.1 Å². The Morgan fingerprint density at radius 2 is 1.52 bits per heavy atom. The number of amides is 3. The molecule has 2 aromatic rings. The van der Waals surface area contributed by atoms with Gasteiger partial charge in [0.1, 0.15) is 0 Å². The minimum atomic E-state index is -0.436. The zero-order valence-electron chi connectivity index (χ0n) is 19.5. The Morgan fingerprint density at radius 1 is 0.909 bits per heavy atom. The van der Waals surface area contributed by atoms with Crippen LogP contribution >= 0.6 is 0 Å². The minimum Gasteiger partial charge on any atom is -0.462 e. The quantitative estimate of drug-likeness (QED) is 0.572. The number of benzene rings is 2. The van der Waals surface area contributed by atoms with Crippen LogP contribution in [0.5, 0.6) is 0 Å². The Balaban J connectivity index is 1.74. The fourth-order valence-corrected chi connectivity index (χ4v) is 3.90. The van der Waals surface area contributed by atoms with Gasteiger partial charge in [-0.25, -0.2) is 9.59 Å². The molecule has 8 heteroatoms. The molecular formula is C25H32N4O4. The Morgan fingerprint density at radius 3 is 2.12 bits per heavy atom. The number of urea groups is 1. The summed E-state index contributed by atoms with van der Waals surface area (Å²) in [5, 5.41) is 5.55. The van der Waals surface area contributed by atoms with Gasteiger partial charge in [0, 0.05) is 43.2 Å².